The van der Waals surface area contributed by atoms with Crippen molar-refractivity contribution in [1.29, 1.82) is 0 Å². The van der Waals surface area contributed by atoms with Gasteiger partial charge in [-0.25, -0.2) is 4.79 Å². The summed E-state index contributed by atoms with van der Waals surface area (Å²) < 4.78 is 0. The summed E-state index contributed by atoms with van der Waals surface area (Å²) >= 11 is 0. The largest absolute Gasteiger partial charge is 0.478 e. The summed E-state index contributed by atoms with van der Waals surface area (Å²) in [6.07, 6.45) is 3.95. The first-order chi connectivity index (χ1) is 6.06. The first-order valence-electron chi connectivity index (χ1n) is 4.30. The van der Waals surface area contributed by atoms with Gasteiger partial charge in [0, 0.05) is 18.7 Å². The molecule has 0 aromatic rings. The number of nitrogens with one attached hydrogen (secondary N) is 1. The van der Waals surface area contributed by atoms with Gasteiger partial charge in [-0.05, 0) is 20.3 Å². The highest BCUT2D eigenvalue weighted by molar-refractivity contribution is 5.80. The van der Waals surface area contributed by atoms with Crippen molar-refractivity contribution in [3.8, 4) is 0 Å². The smallest absolute Gasteiger partial charge is 0.328 e. The Hall–Kier alpha value is -1.09. The number of carboxylic acid groups (broad SMARTS) is 1. The number of aliphatic carboxylic acids is 1. The lowest BCUT2D eigenvalue weighted by Gasteiger charge is -2.10. The molecule has 0 saturated carbocycles. The molecule has 0 aliphatic heterocycles. The zero-order valence-electron chi connectivity index (χ0n) is 8.21. The van der Waals surface area contributed by atoms with Crippen molar-refractivity contribution in [3.63, 3.8) is 0 Å². The first kappa shape index (κ1) is 11.9. The molecular formula is C10H17NO2. The van der Waals surface area contributed by atoms with E-state index < -0.39 is 5.97 Å². The highest BCUT2D eigenvalue weighted by Gasteiger charge is 1.99. The molecule has 0 aromatic carbocycles. The maximum absolute atomic E-state index is 10.3. The van der Waals surface area contributed by atoms with Crippen LogP contribution in [0.15, 0.2) is 24.3 Å². The molecule has 1 unspecified atom stereocenters. The minimum atomic E-state index is -0.893. The second-order valence-corrected chi connectivity index (χ2v) is 3.14. The molecule has 0 heterocycles. The summed E-state index contributed by atoms with van der Waals surface area (Å²) in [5.74, 6) is -0.893. The third-order valence-electron chi connectivity index (χ3n) is 1.62. The van der Waals surface area contributed by atoms with E-state index in [9.17, 15) is 4.79 Å². The summed E-state index contributed by atoms with van der Waals surface area (Å²) in [6, 6.07) is 0.342. The summed E-state index contributed by atoms with van der Waals surface area (Å²) in [6.45, 7) is 8.07. The van der Waals surface area contributed by atoms with E-state index in [0.717, 1.165) is 12.0 Å². The lowest BCUT2D eigenvalue weighted by Crippen LogP contribution is -2.27. The van der Waals surface area contributed by atoms with Gasteiger partial charge in [0.1, 0.15) is 0 Å². The van der Waals surface area contributed by atoms with Crippen molar-refractivity contribution in [3.05, 3.63) is 24.3 Å². The summed E-state index contributed by atoms with van der Waals surface area (Å²) in [5.41, 5.74) is 0.823. The van der Waals surface area contributed by atoms with E-state index in [2.05, 4.69) is 11.9 Å². The van der Waals surface area contributed by atoms with Gasteiger partial charge in [-0.1, -0.05) is 11.6 Å². The van der Waals surface area contributed by atoms with Crippen molar-refractivity contribution >= 4 is 5.97 Å². The van der Waals surface area contributed by atoms with Crippen LogP contribution in [0.25, 0.3) is 0 Å². The predicted molar refractivity (Wildman–Crippen MR) is 53.7 cm³/mol. The lowest BCUT2D eigenvalue weighted by molar-refractivity contribution is -0.131. The van der Waals surface area contributed by atoms with Crippen LogP contribution in [-0.4, -0.2) is 23.7 Å². The Balaban J connectivity index is 3.75. The maximum Gasteiger partial charge on any atom is 0.328 e. The van der Waals surface area contributed by atoms with E-state index in [1.165, 1.54) is 6.08 Å². The summed E-state index contributed by atoms with van der Waals surface area (Å²) in [4.78, 5) is 10.3. The van der Waals surface area contributed by atoms with Crippen LogP contribution in [-0.2, 0) is 4.79 Å². The molecule has 0 fully saturated rings. The van der Waals surface area contributed by atoms with Gasteiger partial charge in [0.05, 0.1) is 0 Å². The molecule has 74 valence electrons. The van der Waals surface area contributed by atoms with Gasteiger partial charge >= 0.3 is 5.97 Å². The van der Waals surface area contributed by atoms with Gasteiger partial charge in [-0.15, -0.1) is 6.58 Å². The number of hydrogen-bond donors (Lipinski definition) is 2. The third-order valence-corrected chi connectivity index (χ3v) is 1.62. The molecular weight excluding hydrogens is 166 g/mol. The van der Waals surface area contributed by atoms with E-state index in [-0.39, 0.29) is 0 Å². The van der Waals surface area contributed by atoms with Crippen LogP contribution in [0.2, 0.25) is 0 Å². The lowest BCUT2D eigenvalue weighted by atomic mass is 10.2. The third kappa shape index (κ3) is 7.28. The quantitative estimate of drug-likeness (QED) is 0.485. The standard InChI is InChI=1S/C10H17NO2/c1-4-5-9(3)11-7-8(2)6-10(12)13/h4,6,9,11H,1,5,7H2,2-3H3,(H,12,13)/b8-6+. The van der Waals surface area contributed by atoms with Crippen LogP contribution in [0, 0.1) is 0 Å². The van der Waals surface area contributed by atoms with Crippen LogP contribution in [0.1, 0.15) is 20.3 Å². The van der Waals surface area contributed by atoms with Crippen molar-refractivity contribution in [2.75, 3.05) is 6.54 Å². The Morgan fingerprint density at radius 2 is 2.31 bits per heavy atom. The molecule has 3 nitrogen and oxygen atoms in total. The highest BCUT2D eigenvalue weighted by Crippen LogP contribution is 1.94. The molecule has 2 N–H and O–H groups in total. The van der Waals surface area contributed by atoms with Gasteiger partial charge in [0.2, 0.25) is 0 Å². The highest BCUT2D eigenvalue weighted by atomic mass is 16.4. The second-order valence-electron chi connectivity index (χ2n) is 3.14. The molecule has 0 radical (unpaired) electrons. The number of carbonyl (C=O) groups is 1. The Kier molecular flexibility index (Phi) is 5.89. The zero-order chi connectivity index (χ0) is 10.3. The number of hydrogen-bond acceptors (Lipinski definition) is 2. The van der Waals surface area contributed by atoms with E-state index >= 15 is 0 Å². The summed E-state index contributed by atoms with van der Waals surface area (Å²) in [5, 5.41) is 11.6. The molecule has 0 saturated heterocycles. The first-order valence-corrected chi connectivity index (χ1v) is 4.30. The maximum atomic E-state index is 10.3. The normalized spacial score (nSPS) is 13.8. The van der Waals surface area contributed by atoms with Crippen molar-refractivity contribution in [1.82, 2.24) is 5.32 Å². The van der Waals surface area contributed by atoms with Gasteiger partial charge in [0.15, 0.2) is 0 Å². The molecule has 3 heteroatoms. The molecule has 0 aliphatic rings. The van der Waals surface area contributed by atoms with Crippen LogP contribution < -0.4 is 5.32 Å². The van der Waals surface area contributed by atoms with E-state index in [4.69, 9.17) is 5.11 Å². The Labute approximate surface area is 79.2 Å². The molecule has 0 amide bonds. The van der Waals surface area contributed by atoms with Gasteiger partial charge in [0.25, 0.3) is 0 Å². The van der Waals surface area contributed by atoms with Crippen LogP contribution in [0.3, 0.4) is 0 Å². The Morgan fingerprint density at radius 1 is 1.69 bits per heavy atom. The zero-order valence-corrected chi connectivity index (χ0v) is 8.21. The van der Waals surface area contributed by atoms with Crippen LogP contribution in [0.5, 0.6) is 0 Å². The molecule has 0 aliphatic carbocycles. The minimum absolute atomic E-state index is 0.342. The molecule has 13 heavy (non-hydrogen) atoms. The average molecular weight is 183 g/mol. The predicted octanol–water partition coefficient (Wildman–Crippen LogP) is 1.57. The van der Waals surface area contributed by atoms with E-state index in [1.54, 1.807) is 6.92 Å². The molecule has 0 bridgehead atoms. The molecule has 1 atom stereocenters. The van der Waals surface area contributed by atoms with Crippen LogP contribution in [0.4, 0.5) is 0 Å². The van der Waals surface area contributed by atoms with Gasteiger partial charge in [-0.3, -0.25) is 0 Å². The molecule has 0 aromatic heterocycles. The topological polar surface area (TPSA) is 49.3 Å². The summed E-state index contributed by atoms with van der Waals surface area (Å²) in [7, 11) is 0. The minimum Gasteiger partial charge on any atom is -0.478 e. The van der Waals surface area contributed by atoms with Crippen molar-refractivity contribution in [2.24, 2.45) is 0 Å². The van der Waals surface area contributed by atoms with Gasteiger partial charge < -0.3 is 10.4 Å². The van der Waals surface area contributed by atoms with Gasteiger partial charge in [-0.2, -0.15) is 0 Å². The Bertz CT molecular complexity index is 209. The van der Waals surface area contributed by atoms with E-state index in [1.807, 2.05) is 13.0 Å². The fraction of sp³-hybridized carbons (Fsp3) is 0.500. The number of rotatable bonds is 6. The SMILES string of the molecule is C=CCC(C)NC/C(C)=C/C(=O)O. The molecule has 0 spiro atoms. The van der Waals surface area contributed by atoms with E-state index in [0.29, 0.717) is 12.6 Å². The Morgan fingerprint density at radius 3 is 2.77 bits per heavy atom. The fourth-order valence-corrected chi connectivity index (χ4v) is 0.930. The number of carboxylic acids is 1. The van der Waals surface area contributed by atoms with Crippen LogP contribution >= 0.6 is 0 Å². The monoisotopic (exact) mass is 183 g/mol. The molecule has 0 rings (SSSR count). The van der Waals surface area contributed by atoms with Crippen molar-refractivity contribution < 1.29 is 9.90 Å². The van der Waals surface area contributed by atoms with Crippen molar-refractivity contribution in [2.45, 2.75) is 26.3 Å². The average Bonchev–Trinajstić information content (AvgIpc) is 2.00. The fourth-order valence-electron chi connectivity index (χ4n) is 0.930. The second kappa shape index (κ2) is 6.43.